The number of nitrogens with zero attached hydrogens (tertiary/aromatic N) is 2. The van der Waals surface area contributed by atoms with Gasteiger partial charge in [0.1, 0.15) is 22.7 Å². The maximum absolute atomic E-state index is 13.4. The molecule has 2 aromatic heterocycles. The molecule has 1 amide bonds. The van der Waals surface area contributed by atoms with E-state index in [-0.39, 0.29) is 18.6 Å². The maximum Gasteiger partial charge on any atom is 0.332 e. The number of methoxy groups -OCH3 is 2. The zero-order valence-corrected chi connectivity index (χ0v) is 20.2. The number of nitrogens with one attached hydrogen (secondary N) is 1. The van der Waals surface area contributed by atoms with Gasteiger partial charge in [-0.3, -0.25) is 18.7 Å². The third-order valence-corrected chi connectivity index (χ3v) is 6.62. The number of benzene rings is 2. The second-order valence-electron chi connectivity index (χ2n) is 7.93. The lowest BCUT2D eigenvalue weighted by atomic mass is 10.1. The van der Waals surface area contributed by atoms with Gasteiger partial charge in [0, 0.05) is 6.07 Å². The molecule has 0 aliphatic rings. The molecule has 0 fully saturated rings. The summed E-state index contributed by atoms with van der Waals surface area (Å²) in [5.41, 5.74) is 3.05. The van der Waals surface area contributed by atoms with Gasteiger partial charge in [0.25, 0.3) is 5.56 Å². The fraction of sp³-hybridized carbons (Fsp3) is 0.240. The number of aromatic nitrogens is 2. The van der Waals surface area contributed by atoms with Gasteiger partial charge in [-0.2, -0.15) is 0 Å². The quantitative estimate of drug-likeness (QED) is 0.438. The van der Waals surface area contributed by atoms with Crippen molar-refractivity contribution in [1.29, 1.82) is 0 Å². The van der Waals surface area contributed by atoms with Crippen LogP contribution < -0.4 is 26.0 Å². The molecule has 8 nitrogen and oxygen atoms in total. The number of ether oxygens (including phenoxy) is 2. The average Bonchev–Trinajstić information content (AvgIpc) is 3.32. The van der Waals surface area contributed by atoms with Crippen molar-refractivity contribution < 1.29 is 14.3 Å². The van der Waals surface area contributed by atoms with Crippen LogP contribution in [0.5, 0.6) is 11.5 Å². The molecule has 1 N–H and O–H groups in total. The topological polar surface area (TPSA) is 91.6 Å². The Kier molecular flexibility index (Phi) is 6.56. The van der Waals surface area contributed by atoms with Gasteiger partial charge < -0.3 is 14.8 Å². The summed E-state index contributed by atoms with van der Waals surface area (Å²) in [5.74, 6) is 0.597. The highest BCUT2D eigenvalue weighted by Gasteiger charge is 2.18. The van der Waals surface area contributed by atoms with Crippen molar-refractivity contribution in [3.63, 3.8) is 0 Å². The first kappa shape index (κ1) is 23.3. The normalized spacial score (nSPS) is 10.9. The smallest absolute Gasteiger partial charge is 0.332 e. The molecule has 0 radical (unpaired) electrons. The minimum absolute atomic E-state index is 0.126. The Bertz CT molecular complexity index is 1500. The number of anilines is 1. The third kappa shape index (κ3) is 4.47. The van der Waals surface area contributed by atoms with Crippen LogP contribution in [0, 0.1) is 13.8 Å². The number of rotatable bonds is 7. The van der Waals surface area contributed by atoms with E-state index in [1.54, 1.807) is 36.8 Å². The molecule has 0 atom stereocenters. The van der Waals surface area contributed by atoms with E-state index in [1.807, 2.05) is 32.0 Å². The Labute approximate surface area is 200 Å². The fourth-order valence-corrected chi connectivity index (χ4v) is 4.59. The van der Waals surface area contributed by atoms with Crippen molar-refractivity contribution in [3.05, 3.63) is 85.4 Å². The Balaban J connectivity index is 1.69. The van der Waals surface area contributed by atoms with Gasteiger partial charge in [-0.15, -0.1) is 11.3 Å². The van der Waals surface area contributed by atoms with Gasteiger partial charge in [-0.1, -0.05) is 18.2 Å². The van der Waals surface area contributed by atoms with Crippen molar-refractivity contribution in [3.8, 4) is 11.5 Å². The highest BCUT2D eigenvalue weighted by Crippen LogP contribution is 2.29. The lowest BCUT2D eigenvalue weighted by Gasteiger charge is -2.14. The zero-order valence-electron chi connectivity index (χ0n) is 19.4. The summed E-state index contributed by atoms with van der Waals surface area (Å²) in [4.78, 5) is 39.3. The van der Waals surface area contributed by atoms with E-state index in [2.05, 4.69) is 5.32 Å². The first-order chi connectivity index (χ1) is 16.3. The van der Waals surface area contributed by atoms with Gasteiger partial charge >= 0.3 is 5.69 Å². The molecule has 4 aromatic rings. The van der Waals surface area contributed by atoms with E-state index in [9.17, 15) is 14.4 Å². The van der Waals surface area contributed by atoms with E-state index in [0.29, 0.717) is 27.4 Å². The number of carbonyl (C=O) groups excluding carboxylic acids is 1. The fourth-order valence-electron chi connectivity index (χ4n) is 3.75. The molecule has 4 rings (SSSR count). The summed E-state index contributed by atoms with van der Waals surface area (Å²) in [7, 11) is 3.03. The SMILES string of the molecule is COc1ccc(NC(=O)Cn2c(=O)n(Cc3ccc(C)c(C)c3)c(=O)c3sccc32)c(OC)c1. The summed E-state index contributed by atoms with van der Waals surface area (Å²) < 4.78 is 13.5. The van der Waals surface area contributed by atoms with Crippen molar-refractivity contribution >= 4 is 33.1 Å². The first-order valence-corrected chi connectivity index (χ1v) is 11.5. The van der Waals surface area contributed by atoms with Crippen LogP contribution in [0.1, 0.15) is 16.7 Å². The van der Waals surface area contributed by atoms with E-state index in [4.69, 9.17) is 9.47 Å². The summed E-state index contributed by atoms with van der Waals surface area (Å²) in [5, 5.41) is 4.52. The lowest BCUT2D eigenvalue weighted by molar-refractivity contribution is -0.116. The minimum Gasteiger partial charge on any atom is -0.497 e. The van der Waals surface area contributed by atoms with Crippen molar-refractivity contribution in [2.75, 3.05) is 19.5 Å². The molecule has 0 aliphatic heterocycles. The highest BCUT2D eigenvalue weighted by atomic mass is 32.1. The van der Waals surface area contributed by atoms with Gasteiger partial charge in [-0.05, 0) is 54.1 Å². The third-order valence-electron chi connectivity index (χ3n) is 5.73. The molecule has 0 spiro atoms. The molecule has 0 aliphatic carbocycles. The predicted octanol–water partition coefficient (Wildman–Crippen LogP) is 3.55. The van der Waals surface area contributed by atoms with Crippen LogP contribution >= 0.6 is 11.3 Å². The molecule has 0 bridgehead atoms. The molecular formula is C25H25N3O5S. The monoisotopic (exact) mass is 479 g/mol. The van der Waals surface area contributed by atoms with Crippen LogP contribution in [0.15, 0.2) is 57.4 Å². The van der Waals surface area contributed by atoms with E-state index in [1.165, 1.54) is 27.6 Å². The number of thiophene rings is 1. The Hall–Kier alpha value is -3.85. The van der Waals surface area contributed by atoms with Crippen LogP contribution in [0.4, 0.5) is 5.69 Å². The molecule has 0 unspecified atom stereocenters. The molecule has 0 saturated carbocycles. The van der Waals surface area contributed by atoms with Crippen LogP contribution in [-0.2, 0) is 17.9 Å². The Morgan fingerprint density at radius 3 is 2.47 bits per heavy atom. The lowest BCUT2D eigenvalue weighted by Crippen LogP contribution is -2.41. The molecule has 34 heavy (non-hydrogen) atoms. The summed E-state index contributed by atoms with van der Waals surface area (Å²) >= 11 is 1.25. The number of fused-ring (bicyclic) bond motifs is 1. The van der Waals surface area contributed by atoms with E-state index in [0.717, 1.165) is 16.7 Å². The largest absolute Gasteiger partial charge is 0.497 e. The average molecular weight is 480 g/mol. The highest BCUT2D eigenvalue weighted by molar-refractivity contribution is 7.17. The maximum atomic E-state index is 13.4. The van der Waals surface area contributed by atoms with Gasteiger partial charge in [0.15, 0.2) is 0 Å². The van der Waals surface area contributed by atoms with Gasteiger partial charge in [0.2, 0.25) is 5.91 Å². The second kappa shape index (κ2) is 9.56. The minimum atomic E-state index is -0.536. The summed E-state index contributed by atoms with van der Waals surface area (Å²) in [6.45, 7) is 3.86. The molecule has 176 valence electrons. The van der Waals surface area contributed by atoms with Crippen LogP contribution in [0.2, 0.25) is 0 Å². The number of carbonyl (C=O) groups is 1. The molecule has 2 heterocycles. The van der Waals surface area contributed by atoms with E-state index >= 15 is 0 Å². The Morgan fingerprint density at radius 2 is 1.76 bits per heavy atom. The van der Waals surface area contributed by atoms with Crippen LogP contribution in [0.25, 0.3) is 10.2 Å². The van der Waals surface area contributed by atoms with Crippen LogP contribution in [-0.4, -0.2) is 29.3 Å². The Morgan fingerprint density at radius 1 is 0.971 bits per heavy atom. The number of aryl methyl sites for hydroxylation is 2. The molecular weight excluding hydrogens is 454 g/mol. The van der Waals surface area contributed by atoms with E-state index < -0.39 is 11.6 Å². The first-order valence-electron chi connectivity index (χ1n) is 10.6. The van der Waals surface area contributed by atoms with Crippen molar-refractivity contribution in [2.24, 2.45) is 0 Å². The number of hydrogen-bond acceptors (Lipinski definition) is 6. The van der Waals surface area contributed by atoms with Gasteiger partial charge in [-0.25, -0.2) is 4.79 Å². The van der Waals surface area contributed by atoms with Crippen molar-refractivity contribution in [2.45, 2.75) is 26.9 Å². The van der Waals surface area contributed by atoms with Crippen molar-refractivity contribution in [1.82, 2.24) is 9.13 Å². The summed E-state index contributed by atoms with van der Waals surface area (Å²) in [6.07, 6.45) is 0. The predicted molar refractivity (Wildman–Crippen MR) is 134 cm³/mol. The molecule has 0 saturated heterocycles. The van der Waals surface area contributed by atoms with Gasteiger partial charge in [0.05, 0.1) is 32.0 Å². The zero-order chi connectivity index (χ0) is 24.4. The number of hydrogen-bond donors (Lipinski definition) is 1. The molecule has 2 aromatic carbocycles. The second-order valence-corrected chi connectivity index (χ2v) is 8.84. The van der Waals surface area contributed by atoms with Crippen LogP contribution in [0.3, 0.4) is 0 Å². The molecule has 9 heteroatoms. The number of amides is 1. The summed E-state index contributed by atoms with van der Waals surface area (Å²) in [6, 6.07) is 12.5. The standard InChI is InChI=1S/C25H25N3O5S/c1-15-5-6-17(11-16(15)2)13-28-24(30)23-20(9-10-34-23)27(25(28)31)14-22(29)26-19-8-7-18(32-3)12-21(19)33-4/h5-12H,13-14H2,1-4H3,(H,26,29).